The van der Waals surface area contributed by atoms with E-state index in [4.69, 9.17) is 11.6 Å². The maximum absolute atomic E-state index is 5.95. The number of aliphatic imine (C=N–C) groups is 1. The molecule has 162 valence electrons. The summed E-state index contributed by atoms with van der Waals surface area (Å²) in [4.78, 5) is 4.67. The van der Waals surface area contributed by atoms with Crippen LogP contribution in [0.1, 0.15) is 30.3 Å². The molecular formula is C21H29ClIN7. The largest absolute Gasteiger partial charge is 0.357 e. The van der Waals surface area contributed by atoms with E-state index in [1.165, 1.54) is 5.69 Å². The molecule has 3 rings (SSSR count). The summed E-state index contributed by atoms with van der Waals surface area (Å²) < 4.78 is 3.88. The Hall–Kier alpha value is -2.07. The van der Waals surface area contributed by atoms with Crippen LogP contribution in [0, 0.1) is 13.8 Å². The van der Waals surface area contributed by atoms with Gasteiger partial charge in [-0.2, -0.15) is 10.2 Å². The number of benzene rings is 1. The number of hydrogen-bond acceptors (Lipinski definition) is 3. The summed E-state index contributed by atoms with van der Waals surface area (Å²) >= 11 is 5.95. The Balaban J connectivity index is 0.00000320. The minimum absolute atomic E-state index is 0. The van der Waals surface area contributed by atoms with Crippen molar-refractivity contribution in [3.8, 4) is 5.69 Å². The number of aryl methyl sites for hydroxylation is 3. The average Bonchev–Trinajstić information content (AvgIpc) is 3.30. The second kappa shape index (κ2) is 11.9. The van der Waals surface area contributed by atoms with Crippen molar-refractivity contribution in [3.05, 3.63) is 64.7 Å². The van der Waals surface area contributed by atoms with Gasteiger partial charge in [0.2, 0.25) is 0 Å². The molecule has 0 saturated carbocycles. The van der Waals surface area contributed by atoms with Crippen LogP contribution in [0.2, 0.25) is 5.02 Å². The normalized spacial score (nSPS) is 11.3. The predicted molar refractivity (Wildman–Crippen MR) is 133 cm³/mol. The van der Waals surface area contributed by atoms with E-state index < -0.39 is 0 Å². The summed E-state index contributed by atoms with van der Waals surface area (Å²) in [7, 11) is 0. The third kappa shape index (κ3) is 7.02. The quantitative estimate of drug-likeness (QED) is 0.195. The fourth-order valence-electron chi connectivity index (χ4n) is 3.03. The van der Waals surface area contributed by atoms with Crippen molar-refractivity contribution in [2.24, 2.45) is 4.99 Å². The van der Waals surface area contributed by atoms with Crippen LogP contribution in [0.4, 0.5) is 0 Å². The van der Waals surface area contributed by atoms with Crippen LogP contribution in [0.3, 0.4) is 0 Å². The molecule has 0 bridgehead atoms. The molecule has 0 unspecified atom stereocenters. The molecule has 2 aromatic heterocycles. The van der Waals surface area contributed by atoms with E-state index in [0.717, 1.165) is 49.0 Å². The number of rotatable bonds is 8. The molecule has 0 radical (unpaired) electrons. The molecule has 0 saturated heterocycles. The lowest BCUT2D eigenvalue weighted by Crippen LogP contribution is -2.38. The fraction of sp³-hybridized carbons (Fsp3) is 0.381. The molecule has 30 heavy (non-hydrogen) atoms. The van der Waals surface area contributed by atoms with Crippen LogP contribution < -0.4 is 10.6 Å². The van der Waals surface area contributed by atoms with Gasteiger partial charge in [-0.1, -0.05) is 11.6 Å². The van der Waals surface area contributed by atoms with Gasteiger partial charge in [0, 0.05) is 42.1 Å². The van der Waals surface area contributed by atoms with Crippen LogP contribution in [0.5, 0.6) is 0 Å². The highest BCUT2D eigenvalue weighted by Gasteiger charge is 2.03. The molecule has 0 spiro atoms. The van der Waals surface area contributed by atoms with Crippen LogP contribution in [0.25, 0.3) is 5.69 Å². The lowest BCUT2D eigenvalue weighted by atomic mass is 10.3. The lowest BCUT2D eigenvalue weighted by molar-refractivity contribution is 0.555. The van der Waals surface area contributed by atoms with E-state index in [1.54, 1.807) is 0 Å². The van der Waals surface area contributed by atoms with Crippen LogP contribution in [-0.4, -0.2) is 38.6 Å². The highest BCUT2D eigenvalue weighted by molar-refractivity contribution is 14.0. The summed E-state index contributed by atoms with van der Waals surface area (Å²) in [5.41, 5.74) is 4.27. The zero-order valence-corrected chi connectivity index (χ0v) is 20.7. The Kier molecular flexibility index (Phi) is 9.64. The number of hydrogen-bond donors (Lipinski definition) is 2. The SMILES string of the molecule is CCNC(=NCc1cnn(-c2ccc(Cl)cc2)c1)NCCCn1nc(C)cc1C.I. The predicted octanol–water partition coefficient (Wildman–Crippen LogP) is 4.10. The minimum Gasteiger partial charge on any atom is -0.357 e. The first-order valence-corrected chi connectivity index (χ1v) is 10.3. The Morgan fingerprint density at radius 1 is 1.17 bits per heavy atom. The van der Waals surface area contributed by atoms with Gasteiger partial charge in [-0.3, -0.25) is 4.68 Å². The van der Waals surface area contributed by atoms with E-state index in [2.05, 4.69) is 45.7 Å². The van der Waals surface area contributed by atoms with Crippen LogP contribution in [0.15, 0.2) is 47.7 Å². The third-order valence-electron chi connectivity index (χ3n) is 4.43. The first kappa shape index (κ1) is 24.2. The number of aromatic nitrogens is 4. The Morgan fingerprint density at radius 3 is 2.60 bits per heavy atom. The summed E-state index contributed by atoms with van der Waals surface area (Å²) in [6, 6.07) is 9.70. The van der Waals surface area contributed by atoms with E-state index >= 15 is 0 Å². The van der Waals surface area contributed by atoms with E-state index in [9.17, 15) is 0 Å². The van der Waals surface area contributed by atoms with E-state index in [0.29, 0.717) is 11.6 Å². The maximum atomic E-state index is 5.95. The molecule has 2 N–H and O–H groups in total. The van der Waals surface area contributed by atoms with Crippen molar-refractivity contribution in [2.75, 3.05) is 13.1 Å². The zero-order chi connectivity index (χ0) is 20.6. The van der Waals surface area contributed by atoms with Crippen molar-refractivity contribution in [3.63, 3.8) is 0 Å². The zero-order valence-electron chi connectivity index (χ0n) is 17.6. The van der Waals surface area contributed by atoms with Gasteiger partial charge < -0.3 is 10.6 Å². The van der Waals surface area contributed by atoms with Crippen molar-refractivity contribution < 1.29 is 0 Å². The molecule has 0 amide bonds. The number of nitrogens with one attached hydrogen (secondary N) is 2. The third-order valence-corrected chi connectivity index (χ3v) is 4.69. The number of nitrogens with zero attached hydrogens (tertiary/aromatic N) is 5. The van der Waals surface area contributed by atoms with Gasteiger partial charge in [0.15, 0.2) is 5.96 Å². The van der Waals surface area contributed by atoms with Gasteiger partial charge >= 0.3 is 0 Å². The lowest BCUT2D eigenvalue weighted by Gasteiger charge is -2.11. The smallest absolute Gasteiger partial charge is 0.191 e. The Bertz CT molecular complexity index is 947. The average molecular weight is 542 g/mol. The number of guanidine groups is 1. The van der Waals surface area contributed by atoms with Gasteiger partial charge in [-0.05, 0) is 57.5 Å². The monoisotopic (exact) mass is 541 g/mol. The second-order valence-electron chi connectivity index (χ2n) is 6.90. The molecule has 7 nitrogen and oxygen atoms in total. The van der Waals surface area contributed by atoms with Crippen molar-refractivity contribution in [1.82, 2.24) is 30.2 Å². The Morgan fingerprint density at radius 2 is 1.93 bits per heavy atom. The number of halogens is 2. The molecular weight excluding hydrogens is 513 g/mol. The standard InChI is InChI=1S/C21H28ClN7.HI/c1-4-23-21(24-10-5-11-28-17(3)12-16(2)27-28)25-13-18-14-26-29(15-18)20-8-6-19(22)7-9-20;/h6-9,12,14-15H,4-5,10-11,13H2,1-3H3,(H2,23,24,25);1H. The molecule has 0 fully saturated rings. The van der Waals surface area contributed by atoms with Gasteiger partial charge in [0.25, 0.3) is 0 Å². The first-order chi connectivity index (χ1) is 14.0. The summed E-state index contributed by atoms with van der Waals surface area (Å²) in [5, 5.41) is 16.3. The molecule has 3 aromatic rings. The summed E-state index contributed by atoms with van der Waals surface area (Å²) in [5.74, 6) is 0.806. The van der Waals surface area contributed by atoms with Crippen molar-refractivity contribution in [2.45, 2.75) is 40.3 Å². The fourth-order valence-corrected chi connectivity index (χ4v) is 3.15. The molecule has 0 atom stereocenters. The van der Waals surface area contributed by atoms with E-state index in [-0.39, 0.29) is 24.0 Å². The molecule has 9 heteroatoms. The highest BCUT2D eigenvalue weighted by atomic mass is 127. The van der Waals surface area contributed by atoms with Crippen LogP contribution >= 0.6 is 35.6 Å². The van der Waals surface area contributed by atoms with Crippen molar-refractivity contribution >= 4 is 41.5 Å². The van der Waals surface area contributed by atoms with Gasteiger partial charge in [-0.15, -0.1) is 24.0 Å². The molecule has 0 aliphatic rings. The van der Waals surface area contributed by atoms with Crippen molar-refractivity contribution in [1.29, 1.82) is 0 Å². The molecule has 0 aliphatic carbocycles. The molecule has 0 aliphatic heterocycles. The summed E-state index contributed by atoms with van der Waals surface area (Å²) in [6.07, 6.45) is 4.80. The van der Waals surface area contributed by atoms with Crippen LogP contribution in [-0.2, 0) is 13.1 Å². The highest BCUT2D eigenvalue weighted by Crippen LogP contribution is 2.13. The topological polar surface area (TPSA) is 72.1 Å². The first-order valence-electron chi connectivity index (χ1n) is 9.88. The second-order valence-corrected chi connectivity index (χ2v) is 7.33. The Labute approximate surface area is 199 Å². The minimum atomic E-state index is 0. The molecule has 2 heterocycles. The maximum Gasteiger partial charge on any atom is 0.191 e. The van der Waals surface area contributed by atoms with Gasteiger partial charge in [0.1, 0.15) is 0 Å². The molecule has 1 aromatic carbocycles. The van der Waals surface area contributed by atoms with E-state index in [1.807, 2.05) is 52.9 Å². The van der Waals surface area contributed by atoms with Gasteiger partial charge in [-0.25, -0.2) is 9.67 Å². The van der Waals surface area contributed by atoms with Gasteiger partial charge in [0.05, 0.1) is 24.1 Å². The summed E-state index contributed by atoms with van der Waals surface area (Å²) in [6.45, 7) is 9.25.